The van der Waals surface area contributed by atoms with Gasteiger partial charge in [-0.1, -0.05) is 30.3 Å². The fraction of sp³-hybridized carbons (Fsp3) is 0.310. The van der Waals surface area contributed by atoms with Gasteiger partial charge in [-0.05, 0) is 48.7 Å². The molecule has 3 N–H and O–H groups in total. The number of aromatic amines is 1. The van der Waals surface area contributed by atoms with E-state index in [-0.39, 0.29) is 23.7 Å². The first-order valence-electron chi connectivity index (χ1n) is 12.5. The van der Waals surface area contributed by atoms with E-state index in [1.54, 1.807) is 18.2 Å². The Morgan fingerprint density at radius 3 is 2.76 bits per heavy atom. The zero-order chi connectivity index (χ0) is 26.1. The zero-order valence-corrected chi connectivity index (χ0v) is 21.3. The molecule has 37 heavy (non-hydrogen) atoms. The number of aryl methyl sites for hydroxylation is 1. The maximum absolute atomic E-state index is 14.7. The van der Waals surface area contributed by atoms with Crippen molar-refractivity contribution < 1.29 is 18.7 Å². The molecule has 2 aliphatic rings. The molecule has 5 rings (SSSR count). The monoisotopic (exact) mass is 502 g/mol. The summed E-state index contributed by atoms with van der Waals surface area (Å²) in [5.74, 6) is -0.594. The van der Waals surface area contributed by atoms with Crippen molar-refractivity contribution in [1.82, 2.24) is 15.2 Å². The number of nitrogens with one attached hydrogen (secondary N) is 3. The number of ether oxygens (including phenoxy) is 1. The minimum Gasteiger partial charge on any atom is -0.378 e. The molecule has 1 fully saturated rings. The standard InChI is InChI=1S/C29H31FN4O3/c1-17-25(32-18(2)27(17)26-16-37-14-13-34(26)12-11-31-19(3)35)15-22-28-21(20-7-4-5-9-23(20)30)8-6-10-24(28)33-29(22)36/h4-10,15,26,32H,11-14,16H2,1-3H3,(H,31,35)(H,33,36)/b22-15-. The van der Waals surface area contributed by atoms with E-state index in [0.29, 0.717) is 47.7 Å². The Morgan fingerprint density at radius 2 is 1.97 bits per heavy atom. The van der Waals surface area contributed by atoms with Crippen LogP contribution in [0.25, 0.3) is 22.8 Å². The molecule has 2 amide bonds. The van der Waals surface area contributed by atoms with Gasteiger partial charge in [0.2, 0.25) is 5.91 Å². The lowest BCUT2D eigenvalue weighted by Crippen LogP contribution is -2.43. The first kappa shape index (κ1) is 24.9. The van der Waals surface area contributed by atoms with Gasteiger partial charge in [0.25, 0.3) is 5.91 Å². The van der Waals surface area contributed by atoms with Gasteiger partial charge >= 0.3 is 0 Å². The topological polar surface area (TPSA) is 86.5 Å². The Balaban J connectivity index is 1.53. The van der Waals surface area contributed by atoms with Gasteiger partial charge in [0.1, 0.15) is 5.82 Å². The summed E-state index contributed by atoms with van der Waals surface area (Å²) in [6.07, 6.45) is 1.86. The number of morpholine rings is 1. The van der Waals surface area contributed by atoms with E-state index >= 15 is 0 Å². The third-order valence-electron chi connectivity index (χ3n) is 7.16. The number of amides is 2. The molecule has 3 aromatic rings. The highest BCUT2D eigenvalue weighted by Gasteiger charge is 2.31. The Bertz CT molecular complexity index is 1390. The smallest absolute Gasteiger partial charge is 0.256 e. The molecule has 0 saturated carbocycles. The molecule has 192 valence electrons. The van der Waals surface area contributed by atoms with Gasteiger partial charge in [-0.3, -0.25) is 14.5 Å². The molecule has 0 aliphatic carbocycles. The predicted octanol–water partition coefficient (Wildman–Crippen LogP) is 4.44. The quantitative estimate of drug-likeness (QED) is 0.435. The second kappa shape index (κ2) is 10.3. The minimum atomic E-state index is -0.333. The number of halogens is 1. The predicted molar refractivity (Wildman–Crippen MR) is 142 cm³/mol. The number of aromatic nitrogens is 1. The van der Waals surface area contributed by atoms with Crippen LogP contribution in [0.4, 0.5) is 10.1 Å². The number of hydrogen-bond donors (Lipinski definition) is 3. The van der Waals surface area contributed by atoms with Crippen molar-refractivity contribution in [2.24, 2.45) is 0 Å². The molecule has 1 atom stereocenters. The van der Waals surface area contributed by atoms with Crippen molar-refractivity contribution in [1.29, 1.82) is 0 Å². The number of fused-ring (bicyclic) bond motifs is 1. The average molecular weight is 503 g/mol. The maximum atomic E-state index is 14.7. The Morgan fingerprint density at radius 1 is 1.19 bits per heavy atom. The van der Waals surface area contributed by atoms with Crippen molar-refractivity contribution in [3.8, 4) is 11.1 Å². The average Bonchev–Trinajstić information content (AvgIpc) is 3.34. The molecule has 8 heteroatoms. The van der Waals surface area contributed by atoms with Gasteiger partial charge in [-0.2, -0.15) is 0 Å². The second-order valence-corrected chi connectivity index (χ2v) is 9.53. The number of carbonyl (C=O) groups is 2. The summed E-state index contributed by atoms with van der Waals surface area (Å²) in [6, 6.07) is 12.1. The number of hydrogen-bond acceptors (Lipinski definition) is 4. The van der Waals surface area contributed by atoms with E-state index in [1.165, 1.54) is 13.0 Å². The van der Waals surface area contributed by atoms with Crippen molar-refractivity contribution in [2.75, 3.05) is 38.2 Å². The zero-order valence-electron chi connectivity index (χ0n) is 21.3. The molecule has 1 saturated heterocycles. The van der Waals surface area contributed by atoms with E-state index in [2.05, 4.69) is 20.5 Å². The van der Waals surface area contributed by atoms with E-state index in [1.807, 2.05) is 38.1 Å². The van der Waals surface area contributed by atoms with Crippen LogP contribution >= 0.6 is 0 Å². The molecular formula is C29H31FN4O3. The second-order valence-electron chi connectivity index (χ2n) is 9.53. The lowest BCUT2D eigenvalue weighted by Gasteiger charge is -2.36. The first-order chi connectivity index (χ1) is 17.8. The van der Waals surface area contributed by atoms with Gasteiger partial charge in [0, 0.05) is 54.8 Å². The van der Waals surface area contributed by atoms with E-state index in [0.717, 1.165) is 35.6 Å². The summed E-state index contributed by atoms with van der Waals surface area (Å²) in [5.41, 5.74) is 7.00. The Hall–Kier alpha value is -3.75. The van der Waals surface area contributed by atoms with Crippen LogP contribution < -0.4 is 10.6 Å². The van der Waals surface area contributed by atoms with E-state index in [9.17, 15) is 14.0 Å². The molecular weight excluding hydrogens is 471 g/mol. The van der Waals surface area contributed by atoms with E-state index < -0.39 is 0 Å². The molecule has 2 aromatic carbocycles. The highest BCUT2D eigenvalue weighted by Crippen LogP contribution is 2.42. The Labute approximate surface area is 215 Å². The van der Waals surface area contributed by atoms with Crippen LogP contribution in [0.1, 0.15) is 41.0 Å². The van der Waals surface area contributed by atoms with Crippen LogP contribution in [0.3, 0.4) is 0 Å². The summed E-state index contributed by atoms with van der Waals surface area (Å²) in [4.78, 5) is 30.2. The molecule has 1 aromatic heterocycles. The molecule has 0 spiro atoms. The lowest BCUT2D eigenvalue weighted by atomic mass is 9.93. The maximum Gasteiger partial charge on any atom is 0.256 e. The van der Waals surface area contributed by atoms with Gasteiger partial charge < -0.3 is 20.4 Å². The van der Waals surface area contributed by atoms with Crippen LogP contribution in [-0.4, -0.2) is 54.5 Å². The number of benzene rings is 2. The first-order valence-corrected chi connectivity index (χ1v) is 12.5. The summed E-state index contributed by atoms with van der Waals surface area (Å²) in [6.45, 7) is 8.85. The normalized spacial score (nSPS) is 18.6. The summed E-state index contributed by atoms with van der Waals surface area (Å²) in [7, 11) is 0. The van der Waals surface area contributed by atoms with E-state index in [4.69, 9.17) is 4.74 Å². The number of nitrogens with zero attached hydrogens (tertiary/aromatic N) is 1. The minimum absolute atomic E-state index is 0.0320. The van der Waals surface area contributed by atoms with Crippen molar-refractivity contribution in [2.45, 2.75) is 26.8 Å². The molecule has 1 unspecified atom stereocenters. The Kier molecular flexibility index (Phi) is 6.95. The largest absolute Gasteiger partial charge is 0.378 e. The van der Waals surface area contributed by atoms with Crippen LogP contribution in [0.5, 0.6) is 0 Å². The fourth-order valence-corrected chi connectivity index (χ4v) is 5.42. The number of anilines is 1. The SMILES string of the molecule is CC(=O)NCCN1CCOCC1c1c(C)[nH]c(/C=C2\C(=O)Nc3cccc(-c4ccccc4F)c32)c1C. The molecule has 3 heterocycles. The van der Waals surface area contributed by atoms with Crippen LogP contribution in [0.15, 0.2) is 42.5 Å². The third kappa shape index (κ3) is 4.82. The molecule has 0 radical (unpaired) electrons. The van der Waals surface area contributed by atoms with Gasteiger partial charge in [0.15, 0.2) is 0 Å². The summed E-state index contributed by atoms with van der Waals surface area (Å²) < 4.78 is 20.5. The molecule has 0 bridgehead atoms. The third-order valence-corrected chi connectivity index (χ3v) is 7.16. The summed E-state index contributed by atoms with van der Waals surface area (Å²) in [5, 5.41) is 5.81. The summed E-state index contributed by atoms with van der Waals surface area (Å²) >= 11 is 0. The lowest BCUT2D eigenvalue weighted by molar-refractivity contribution is -0.119. The highest BCUT2D eigenvalue weighted by atomic mass is 19.1. The molecule has 7 nitrogen and oxygen atoms in total. The number of rotatable bonds is 6. The van der Waals surface area contributed by atoms with Crippen molar-refractivity contribution in [3.63, 3.8) is 0 Å². The fourth-order valence-electron chi connectivity index (χ4n) is 5.42. The van der Waals surface area contributed by atoms with Gasteiger partial charge in [-0.25, -0.2) is 4.39 Å². The van der Waals surface area contributed by atoms with Crippen LogP contribution in [0, 0.1) is 19.7 Å². The van der Waals surface area contributed by atoms with Crippen LogP contribution in [0.2, 0.25) is 0 Å². The number of carbonyl (C=O) groups excluding carboxylic acids is 2. The van der Waals surface area contributed by atoms with Gasteiger partial charge in [-0.15, -0.1) is 0 Å². The van der Waals surface area contributed by atoms with Gasteiger partial charge in [0.05, 0.1) is 24.8 Å². The van der Waals surface area contributed by atoms with Crippen molar-refractivity contribution in [3.05, 3.63) is 76.4 Å². The van der Waals surface area contributed by atoms with Crippen molar-refractivity contribution >= 4 is 29.2 Å². The molecule has 2 aliphatic heterocycles. The number of H-pyrrole nitrogens is 1. The highest BCUT2D eigenvalue weighted by molar-refractivity contribution is 6.36. The van der Waals surface area contributed by atoms with Crippen LogP contribution in [-0.2, 0) is 14.3 Å².